The fourth-order valence-electron chi connectivity index (χ4n) is 2.76. The van der Waals surface area contributed by atoms with Gasteiger partial charge in [0.1, 0.15) is 18.8 Å². The number of carbonyl (C=O) groups excluding carboxylic acids is 2. The van der Waals surface area contributed by atoms with E-state index in [1.807, 2.05) is 0 Å². The van der Waals surface area contributed by atoms with Gasteiger partial charge < -0.3 is 21.0 Å². The van der Waals surface area contributed by atoms with Gasteiger partial charge in [0.2, 0.25) is 0 Å². The Balaban J connectivity index is 1.80. The van der Waals surface area contributed by atoms with Crippen molar-refractivity contribution in [3.8, 4) is 6.07 Å². The number of aromatic nitrogens is 1. The fraction of sp³-hybridized carbons (Fsp3) is 0.286. The van der Waals surface area contributed by atoms with Crippen LogP contribution in [0.25, 0.3) is 0 Å². The molecule has 3 rings (SSSR count). The third-order valence-electron chi connectivity index (χ3n) is 3.83. The first-order chi connectivity index (χ1) is 12.9. The second kappa shape index (κ2) is 7.02. The summed E-state index contributed by atoms with van der Waals surface area (Å²) in [5.41, 5.74) is 5.13. The van der Waals surface area contributed by atoms with Gasteiger partial charge in [-0.15, -0.1) is 11.3 Å². The van der Waals surface area contributed by atoms with Gasteiger partial charge in [0.05, 0.1) is 18.2 Å². The molecule has 0 radical (unpaired) electrons. The van der Waals surface area contributed by atoms with Crippen molar-refractivity contribution in [2.75, 3.05) is 25.9 Å². The van der Waals surface area contributed by atoms with E-state index in [2.05, 4.69) is 20.3 Å². The largest absolute Gasteiger partial charge is 0.476 e. The molecule has 27 heavy (non-hydrogen) atoms. The van der Waals surface area contributed by atoms with Crippen LogP contribution in [-0.4, -0.2) is 69.8 Å². The van der Waals surface area contributed by atoms with E-state index in [1.54, 1.807) is 6.07 Å². The number of oxime groups is 1. The molecule has 1 aromatic rings. The molecular formula is C14H13N7O5S. The van der Waals surface area contributed by atoms with Gasteiger partial charge >= 0.3 is 5.97 Å². The predicted octanol–water partition coefficient (Wildman–Crippen LogP) is -1.50. The van der Waals surface area contributed by atoms with Gasteiger partial charge in [0, 0.05) is 11.9 Å². The maximum Gasteiger partial charge on any atom is 0.355 e. The van der Waals surface area contributed by atoms with Crippen molar-refractivity contribution in [1.29, 1.82) is 5.26 Å². The Morgan fingerprint density at radius 2 is 2.33 bits per heavy atom. The topological polar surface area (TPSA) is 174 Å². The fourth-order valence-corrected chi connectivity index (χ4v) is 3.31. The zero-order valence-electron chi connectivity index (χ0n) is 13.9. The molecule has 140 valence electrons. The molecule has 2 amide bonds. The number of anilines is 1. The highest BCUT2D eigenvalue weighted by atomic mass is 32.1. The number of nitrogen functional groups attached to an aromatic ring is 1. The molecule has 0 bridgehead atoms. The standard InChI is InChI=1S/C14H13N7O5S/c1-26-19-9(8-5-27-14(16)18-8)11(22)17-7-4-20-3-6(2-15)10(13(24)25)21(20)12(7)23/h5,7H,3-4H2,1H3,(H2,16,18)(H,17,22)(H,24,25)/b19-9+/t7-/m1/s1. The maximum absolute atomic E-state index is 12.6. The Morgan fingerprint density at radius 3 is 2.89 bits per heavy atom. The van der Waals surface area contributed by atoms with E-state index >= 15 is 0 Å². The summed E-state index contributed by atoms with van der Waals surface area (Å²) < 4.78 is 0. The van der Waals surface area contributed by atoms with Crippen LogP contribution < -0.4 is 11.1 Å². The second-order valence-corrected chi connectivity index (χ2v) is 6.35. The van der Waals surface area contributed by atoms with Crippen molar-refractivity contribution >= 4 is 40.0 Å². The molecular weight excluding hydrogens is 378 g/mol. The van der Waals surface area contributed by atoms with Crippen LogP contribution in [0.15, 0.2) is 21.8 Å². The van der Waals surface area contributed by atoms with E-state index in [4.69, 9.17) is 11.0 Å². The van der Waals surface area contributed by atoms with Crippen molar-refractivity contribution < 1.29 is 24.3 Å². The van der Waals surface area contributed by atoms with E-state index in [1.165, 1.54) is 17.5 Å². The Bertz CT molecular complexity index is 931. The van der Waals surface area contributed by atoms with Crippen LogP contribution in [0.2, 0.25) is 0 Å². The lowest BCUT2D eigenvalue weighted by molar-refractivity contribution is -0.143. The highest BCUT2D eigenvalue weighted by Gasteiger charge is 2.48. The van der Waals surface area contributed by atoms with E-state index in [9.17, 15) is 19.5 Å². The van der Waals surface area contributed by atoms with E-state index in [0.717, 1.165) is 16.3 Å². The third kappa shape index (κ3) is 3.18. The minimum atomic E-state index is -1.39. The average molecular weight is 391 g/mol. The van der Waals surface area contributed by atoms with Gasteiger partial charge in [0.15, 0.2) is 16.5 Å². The monoisotopic (exact) mass is 391 g/mol. The lowest BCUT2D eigenvalue weighted by atomic mass is 10.2. The van der Waals surface area contributed by atoms with Crippen molar-refractivity contribution in [1.82, 2.24) is 20.3 Å². The van der Waals surface area contributed by atoms with Crippen LogP contribution in [0.3, 0.4) is 0 Å². The van der Waals surface area contributed by atoms with Crippen molar-refractivity contribution in [2.24, 2.45) is 5.16 Å². The Kier molecular flexibility index (Phi) is 4.75. The molecule has 0 aromatic carbocycles. The van der Waals surface area contributed by atoms with E-state index in [0.29, 0.717) is 0 Å². The number of nitrogens with zero attached hydrogens (tertiary/aromatic N) is 5. The van der Waals surface area contributed by atoms with Gasteiger partial charge in [-0.1, -0.05) is 5.16 Å². The summed E-state index contributed by atoms with van der Waals surface area (Å²) in [6, 6.07) is 0.757. The molecule has 1 atom stereocenters. The third-order valence-corrected chi connectivity index (χ3v) is 4.50. The number of nitrogens with two attached hydrogens (primary N) is 1. The summed E-state index contributed by atoms with van der Waals surface area (Å²) in [4.78, 5) is 45.1. The normalized spacial score (nSPS) is 19.9. The van der Waals surface area contributed by atoms with Crippen LogP contribution in [0.1, 0.15) is 5.69 Å². The minimum Gasteiger partial charge on any atom is -0.476 e. The first kappa shape index (κ1) is 18.3. The first-order valence-electron chi connectivity index (χ1n) is 7.46. The minimum absolute atomic E-state index is 0.00595. The van der Waals surface area contributed by atoms with Crippen LogP contribution in [0.4, 0.5) is 5.13 Å². The number of thiazole rings is 1. The number of carbonyl (C=O) groups is 3. The summed E-state index contributed by atoms with van der Waals surface area (Å²) in [6.07, 6.45) is 0. The van der Waals surface area contributed by atoms with Crippen LogP contribution in [0.5, 0.6) is 0 Å². The molecule has 0 unspecified atom stereocenters. The lowest BCUT2D eigenvalue weighted by Gasteiger charge is -2.18. The number of hydrazine groups is 1. The van der Waals surface area contributed by atoms with Crippen molar-refractivity contribution in [3.63, 3.8) is 0 Å². The Hall–Kier alpha value is -3.50. The number of carboxylic acids is 1. The zero-order chi connectivity index (χ0) is 19.7. The number of nitriles is 1. The number of amides is 2. The first-order valence-corrected chi connectivity index (χ1v) is 8.34. The van der Waals surface area contributed by atoms with E-state index in [-0.39, 0.29) is 35.2 Å². The molecule has 0 aliphatic carbocycles. The smallest absolute Gasteiger partial charge is 0.355 e. The molecule has 4 N–H and O–H groups in total. The van der Waals surface area contributed by atoms with Crippen LogP contribution >= 0.6 is 11.3 Å². The van der Waals surface area contributed by atoms with Gasteiger partial charge in [-0.25, -0.2) is 19.8 Å². The van der Waals surface area contributed by atoms with Gasteiger partial charge in [-0.2, -0.15) is 5.26 Å². The predicted molar refractivity (Wildman–Crippen MR) is 90.7 cm³/mol. The summed E-state index contributed by atoms with van der Waals surface area (Å²) in [7, 11) is 1.25. The van der Waals surface area contributed by atoms with Gasteiger partial charge in [-0.3, -0.25) is 9.59 Å². The second-order valence-electron chi connectivity index (χ2n) is 5.46. The summed E-state index contributed by atoms with van der Waals surface area (Å²) in [6.45, 7) is -0.0239. The highest BCUT2D eigenvalue weighted by molar-refractivity contribution is 7.13. The number of rotatable bonds is 5. The van der Waals surface area contributed by atoms with Gasteiger partial charge in [-0.05, 0) is 0 Å². The van der Waals surface area contributed by atoms with Crippen molar-refractivity contribution in [2.45, 2.75) is 6.04 Å². The van der Waals surface area contributed by atoms with Crippen LogP contribution in [-0.2, 0) is 19.2 Å². The number of hydrogen-bond donors (Lipinski definition) is 3. The average Bonchev–Trinajstić information content (AvgIpc) is 3.28. The van der Waals surface area contributed by atoms with E-state index < -0.39 is 29.5 Å². The number of hydrogen-bond acceptors (Lipinski definition) is 10. The molecule has 3 heterocycles. The SMILES string of the molecule is CO/N=C(/C(=O)N[C@@H]1CN2CC(C#N)=C(C(=O)O)N2C1=O)c1csc(N)n1. The molecule has 1 saturated heterocycles. The summed E-state index contributed by atoms with van der Waals surface area (Å²) >= 11 is 1.10. The number of fused-ring (bicyclic) bond motifs is 1. The maximum atomic E-state index is 12.6. The highest BCUT2D eigenvalue weighted by Crippen LogP contribution is 2.29. The molecule has 0 saturated carbocycles. The molecule has 12 nitrogen and oxygen atoms in total. The Labute approximate surface area is 156 Å². The molecule has 1 aromatic heterocycles. The molecule has 1 fully saturated rings. The van der Waals surface area contributed by atoms with Gasteiger partial charge in [0.25, 0.3) is 11.8 Å². The molecule has 2 aliphatic heterocycles. The summed E-state index contributed by atoms with van der Waals surface area (Å²) in [5.74, 6) is -2.79. The number of carboxylic acid groups (broad SMARTS) is 1. The quantitative estimate of drug-likeness (QED) is 0.398. The molecule has 2 aliphatic rings. The van der Waals surface area contributed by atoms with Crippen molar-refractivity contribution in [3.05, 3.63) is 22.3 Å². The zero-order valence-corrected chi connectivity index (χ0v) is 14.7. The lowest BCUT2D eigenvalue weighted by Crippen LogP contribution is -2.46. The number of aliphatic carboxylic acids is 1. The molecule has 0 spiro atoms. The number of nitrogens with one attached hydrogen (secondary N) is 1. The molecule has 13 heteroatoms. The summed E-state index contributed by atoms with van der Waals surface area (Å²) in [5, 5.41) is 28.5. The Morgan fingerprint density at radius 1 is 1.59 bits per heavy atom. The van der Waals surface area contributed by atoms with Crippen LogP contribution in [0, 0.1) is 11.3 Å².